The van der Waals surface area contributed by atoms with Gasteiger partial charge in [-0.3, -0.25) is 0 Å². The highest BCUT2D eigenvalue weighted by Gasteiger charge is 2.10. The molecule has 4 nitrogen and oxygen atoms in total. The first-order valence-electron chi connectivity index (χ1n) is 5.45. The summed E-state index contributed by atoms with van der Waals surface area (Å²) in [5.41, 5.74) is 3.17. The predicted octanol–water partition coefficient (Wildman–Crippen LogP) is 3.29. The number of nitrogens with zero attached hydrogens (tertiary/aromatic N) is 2. The zero-order valence-electron chi connectivity index (χ0n) is 9.61. The largest absolute Gasteiger partial charge is 0.508 e. The van der Waals surface area contributed by atoms with Crippen molar-refractivity contribution < 1.29 is 5.11 Å². The number of rotatable bonds is 1. The fraction of sp³-hybridized carbons (Fsp3) is 0.0769. The quantitative estimate of drug-likeness (QED) is 0.705. The van der Waals surface area contributed by atoms with E-state index in [4.69, 9.17) is 11.6 Å². The molecule has 0 radical (unpaired) electrons. The highest BCUT2D eigenvalue weighted by molar-refractivity contribution is 6.31. The molecule has 2 N–H and O–H groups in total. The van der Waals surface area contributed by atoms with Crippen LogP contribution in [0.3, 0.4) is 0 Å². The van der Waals surface area contributed by atoms with Crippen molar-refractivity contribution in [2.75, 3.05) is 0 Å². The summed E-state index contributed by atoms with van der Waals surface area (Å²) in [5.74, 6) is 0.870. The Morgan fingerprint density at radius 1 is 1.33 bits per heavy atom. The SMILES string of the molecule is Cc1c(Cl)cnc2nc(-c3cccc(O)c3)[nH]c12. The zero-order chi connectivity index (χ0) is 12.7. The average molecular weight is 260 g/mol. The summed E-state index contributed by atoms with van der Waals surface area (Å²) in [7, 11) is 0. The van der Waals surface area contributed by atoms with E-state index < -0.39 is 0 Å². The van der Waals surface area contributed by atoms with Crippen molar-refractivity contribution in [1.29, 1.82) is 0 Å². The van der Waals surface area contributed by atoms with E-state index in [-0.39, 0.29) is 5.75 Å². The molecule has 5 heteroatoms. The minimum absolute atomic E-state index is 0.204. The average Bonchev–Trinajstić information content (AvgIpc) is 2.79. The first-order valence-corrected chi connectivity index (χ1v) is 5.83. The van der Waals surface area contributed by atoms with Crippen LogP contribution >= 0.6 is 11.6 Å². The van der Waals surface area contributed by atoms with Crippen LogP contribution < -0.4 is 0 Å². The van der Waals surface area contributed by atoms with Gasteiger partial charge in [-0.2, -0.15) is 0 Å². The lowest BCUT2D eigenvalue weighted by Crippen LogP contribution is -1.82. The number of H-pyrrole nitrogens is 1. The normalized spacial score (nSPS) is 11.0. The van der Waals surface area contributed by atoms with E-state index in [1.165, 1.54) is 0 Å². The van der Waals surface area contributed by atoms with Crippen LogP contribution in [0.2, 0.25) is 5.02 Å². The Balaban J connectivity index is 2.23. The lowest BCUT2D eigenvalue weighted by molar-refractivity contribution is 0.475. The predicted molar refractivity (Wildman–Crippen MR) is 70.7 cm³/mol. The van der Waals surface area contributed by atoms with Gasteiger partial charge in [0.1, 0.15) is 11.6 Å². The Hall–Kier alpha value is -2.07. The second-order valence-electron chi connectivity index (χ2n) is 4.07. The number of fused-ring (bicyclic) bond motifs is 1. The number of benzene rings is 1. The molecule has 0 unspecified atom stereocenters. The Bertz CT molecular complexity index is 736. The summed E-state index contributed by atoms with van der Waals surface area (Å²) >= 11 is 6.02. The molecule has 0 aliphatic carbocycles. The van der Waals surface area contributed by atoms with E-state index in [1.807, 2.05) is 13.0 Å². The second-order valence-corrected chi connectivity index (χ2v) is 4.47. The van der Waals surface area contributed by atoms with Crippen LogP contribution in [0.25, 0.3) is 22.6 Å². The zero-order valence-corrected chi connectivity index (χ0v) is 10.4. The first-order chi connectivity index (χ1) is 8.65. The Labute approximate surface area is 108 Å². The maximum absolute atomic E-state index is 9.47. The third-order valence-corrected chi connectivity index (χ3v) is 3.22. The van der Waals surface area contributed by atoms with Gasteiger partial charge < -0.3 is 10.1 Å². The molecule has 0 bridgehead atoms. The van der Waals surface area contributed by atoms with E-state index in [2.05, 4.69) is 15.0 Å². The van der Waals surface area contributed by atoms with Crippen LogP contribution in [-0.2, 0) is 0 Å². The van der Waals surface area contributed by atoms with Crippen molar-refractivity contribution in [3.05, 3.63) is 41.0 Å². The number of pyridine rings is 1. The molecule has 0 aliphatic heterocycles. The van der Waals surface area contributed by atoms with E-state index in [0.717, 1.165) is 16.6 Å². The molecule has 0 aliphatic rings. The fourth-order valence-corrected chi connectivity index (χ4v) is 1.99. The topological polar surface area (TPSA) is 61.8 Å². The molecule has 90 valence electrons. The van der Waals surface area contributed by atoms with Crippen molar-refractivity contribution in [3.63, 3.8) is 0 Å². The summed E-state index contributed by atoms with van der Waals surface area (Å²) in [4.78, 5) is 11.7. The summed E-state index contributed by atoms with van der Waals surface area (Å²) in [5, 5.41) is 10.1. The first kappa shape index (κ1) is 11.0. The summed E-state index contributed by atoms with van der Waals surface area (Å²) in [6.45, 7) is 1.91. The number of halogens is 1. The molecule has 18 heavy (non-hydrogen) atoms. The van der Waals surface area contributed by atoms with Crippen LogP contribution in [0.1, 0.15) is 5.56 Å². The van der Waals surface area contributed by atoms with Gasteiger partial charge >= 0.3 is 0 Å². The van der Waals surface area contributed by atoms with Gasteiger partial charge in [-0.1, -0.05) is 23.7 Å². The van der Waals surface area contributed by atoms with Gasteiger partial charge in [0.25, 0.3) is 0 Å². The van der Waals surface area contributed by atoms with Crippen LogP contribution in [0, 0.1) is 6.92 Å². The number of aryl methyl sites for hydroxylation is 1. The molecule has 0 amide bonds. The highest BCUT2D eigenvalue weighted by Crippen LogP contribution is 2.26. The molecular formula is C13H10ClN3O. The molecule has 0 fully saturated rings. The molecule has 3 aromatic rings. The maximum Gasteiger partial charge on any atom is 0.178 e. The fourth-order valence-electron chi connectivity index (χ4n) is 1.84. The number of hydrogen-bond acceptors (Lipinski definition) is 3. The standard InChI is InChI=1S/C13H10ClN3O/c1-7-10(14)6-15-13-11(7)16-12(17-13)8-3-2-4-9(18)5-8/h2-6,18H,1H3,(H,15,16,17). The summed E-state index contributed by atoms with van der Waals surface area (Å²) in [6, 6.07) is 6.90. The van der Waals surface area contributed by atoms with Gasteiger partial charge in [0, 0.05) is 11.8 Å². The number of phenols is 1. The van der Waals surface area contributed by atoms with Crippen molar-refractivity contribution in [2.24, 2.45) is 0 Å². The number of aromatic nitrogens is 3. The van der Waals surface area contributed by atoms with E-state index >= 15 is 0 Å². The monoisotopic (exact) mass is 259 g/mol. The molecule has 2 aromatic heterocycles. The van der Waals surface area contributed by atoms with Crippen LogP contribution in [-0.4, -0.2) is 20.1 Å². The minimum Gasteiger partial charge on any atom is -0.508 e. The van der Waals surface area contributed by atoms with E-state index in [9.17, 15) is 5.11 Å². The van der Waals surface area contributed by atoms with Crippen LogP contribution in [0.5, 0.6) is 5.75 Å². The molecule has 0 atom stereocenters. The summed E-state index contributed by atoms with van der Waals surface area (Å²) < 4.78 is 0. The minimum atomic E-state index is 0.204. The number of imidazole rings is 1. The van der Waals surface area contributed by atoms with Gasteiger partial charge in [0.2, 0.25) is 0 Å². The molecule has 1 aromatic carbocycles. The maximum atomic E-state index is 9.47. The number of aromatic hydroxyl groups is 1. The lowest BCUT2D eigenvalue weighted by atomic mass is 10.2. The van der Waals surface area contributed by atoms with Crippen molar-refractivity contribution >= 4 is 22.8 Å². The van der Waals surface area contributed by atoms with Gasteiger partial charge in [-0.05, 0) is 24.6 Å². The van der Waals surface area contributed by atoms with Crippen LogP contribution in [0.15, 0.2) is 30.5 Å². The smallest absolute Gasteiger partial charge is 0.178 e. The Morgan fingerprint density at radius 3 is 2.94 bits per heavy atom. The number of hydrogen-bond donors (Lipinski definition) is 2. The molecule has 2 heterocycles. The molecular weight excluding hydrogens is 250 g/mol. The number of aromatic amines is 1. The molecule has 0 saturated heterocycles. The number of phenolic OH excluding ortho intramolecular Hbond substituents is 1. The lowest BCUT2D eigenvalue weighted by Gasteiger charge is -1.97. The third-order valence-electron chi connectivity index (χ3n) is 2.84. The summed E-state index contributed by atoms with van der Waals surface area (Å²) in [6.07, 6.45) is 1.59. The number of nitrogens with one attached hydrogen (secondary N) is 1. The Morgan fingerprint density at radius 2 is 2.17 bits per heavy atom. The molecule has 0 spiro atoms. The van der Waals surface area contributed by atoms with Gasteiger partial charge in [0.15, 0.2) is 5.65 Å². The third kappa shape index (κ3) is 1.71. The van der Waals surface area contributed by atoms with Crippen molar-refractivity contribution in [3.8, 4) is 17.1 Å². The van der Waals surface area contributed by atoms with E-state index in [0.29, 0.717) is 16.5 Å². The van der Waals surface area contributed by atoms with Gasteiger partial charge in [-0.25, -0.2) is 9.97 Å². The Kier molecular flexibility index (Phi) is 2.45. The second kappa shape index (κ2) is 3.99. The van der Waals surface area contributed by atoms with Gasteiger partial charge in [-0.15, -0.1) is 0 Å². The van der Waals surface area contributed by atoms with Gasteiger partial charge in [0.05, 0.1) is 10.5 Å². The highest BCUT2D eigenvalue weighted by atomic mass is 35.5. The van der Waals surface area contributed by atoms with E-state index in [1.54, 1.807) is 24.4 Å². The van der Waals surface area contributed by atoms with Crippen LogP contribution in [0.4, 0.5) is 0 Å². The molecule has 3 rings (SSSR count). The molecule has 0 saturated carbocycles. The van der Waals surface area contributed by atoms with Crippen molar-refractivity contribution in [2.45, 2.75) is 6.92 Å². The van der Waals surface area contributed by atoms with Crippen molar-refractivity contribution in [1.82, 2.24) is 15.0 Å².